The van der Waals surface area contributed by atoms with E-state index in [-0.39, 0.29) is 16.5 Å². The number of hydrogen-bond donors (Lipinski definition) is 3. The van der Waals surface area contributed by atoms with Crippen molar-refractivity contribution in [2.45, 2.75) is 6.92 Å². The number of rotatable bonds is 3. The molecular weight excluding hydrogens is 370 g/mol. The fourth-order valence-corrected chi connectivity index (χ4v) is 3.15. The highest BCUT2D eigenvalue weighted by molar-refractivity contribution is 5.94. The average Bonchev–Trinajstić information content (AvgIpc) is 3.10. The Kier molecular flexibility index (Phi) is 4.33. The number of fused-ring (bicyclic) bond motifs is 3. The third-order valence-electron chi connectivity index (χ3n) is 4.64. The highest BCUT2D eigenvalue weighted by Gasteiger charge is 2.16. The van der Waals surface area contributed by atoms with Crippen molar-refractivity contribution in [1.29, 1.82) is 5.26 Å². The van der Waals surface area contributed by atoms with Gasteiger partial charge in [-0.05, 0) is 48.9 Å². The van der Waals surface area contributed by atoms with Crippen LogP contribution in [0.3, 0.4) is 0 Å². The summed E-state index contributed by atoms with van der Waals surface area (Å²) in [6.07, 6.45) is 1.35. The number of pyridine rings is 1. The molecule has 0 aliphatic heterocycles. The van der Waals surface area contributed by atoms with E-state index in [1.165, 1.54) is 34.9 Å². The average molecular weight is 385 g/mol. The first kappa shape index (κ1) is 18.0. The lowest BCUT2D eigenvalue weighted by Gasteiger charge is -2.06. The number of hydrogen-bond acceptors (Lipinski definition) is 6. The summed E-state index contributed by atoms with van der Waals surface area (Å²) in [6, 6.07) is 15.0. The van der Waals surface area contributed by atoms with E-state index in [0.29, 0.717) is 33.4 Å². The lowest BCUT2D eigenvalue weighted by atomic mass is 10.1. The number of imidazole rings is 1. The van der Waals surface area contributed by atoms with Gasteiger partial charge in [-0.2, -0.15) is 5.26 Å². The summed E-state index contributed by atoms with van der Waals surface area (Å²) in [5, 5.41) is 19.1. The van der Waals surface area contributed by atoms with Gasteiger partial charge in [0.15, 0.2) is 5.65 Å². The van der Waals surface area contributed by atoms with Gasteiger partial charge in [0.05, 0.1) is 21.8 Å². The zero-order valence-corrected chi connectivity index (χ0v) is 15.3. The van der Waals surface area contributed by atoms with E-state index < -0.39 is 5.91 Å². The van der Waals surface area contributed by atoms with Crippen molar-refractivity contribution in [3.63, 3.8) is 0 Å². The number of para-hydroxylation sites is 2. The second-order valence-electron chi connectivity index (χ2n) is 6.38. The van der Waals surface area contributed by atoms with E-state index in [4.69, 9.17) is 0 Å². The predicted octanol–water partition coefficient (Wildman–Crippen LogP) is 1.12. The Hall–Kier alpha value is -4.38. The SMILES string of the molecule is Cc1c(C#N)c2nc3ccccc3n2c(=O)c1=CNNC(=O)c1ccc(O)cc1. The van der Waals surface area contributed by atoms with Crippen molar-refractivity contribution in [2.24, 2.45) is 0 Å². The maximum Gasteiger partial charge on any atom is 0.269 e. The number of carbonyl (C=O) groups excluding carboxylic acids is 1. The number of nitriles is 1. The Labute approximate surface area is 164 Å². The molecule has 1 amide bonds. The molecule has 3 N–H and O–H groups in total. The minimum absolute atomic E-state index is 0.0533. The summed E-state index contributed by atoms with van der Waals surface area (Å²) in [6.45, 7) is 1.66. The molecule has 8 heteroatoms. The summed E-state index contributed by atoms with van der Waals surface area (Å²) in [7, 11) is 0. The molecule has 142 valence electrons. The third kappa shape index (κ3) is 3.00. The smallest absolute Gasteiger partial charge is 0.269 e. The second-order valence-corrected chi connectivity index (χ2v) is 6.38. The number of aromatic nitrogens is 2. The minimum atomic E-state index is -0.444. The van der Waals surface area contributed by atoms with Gasteiger partial charge in [0.1, 0.15) is 11.8 Å². The van der Waals surface area contributed by atoms with Crippen LogP contribution in [-0.2, 0) is 0 Å². The Balaban J connectivity index is 1.78. The summed E-state index contributed by atoms with van der Waals surface area (Å²) in [5.41, 5.74) is 7.35. The monoisotopic (exact) mass is 385 g/mol. The first-order chi connectivity index (χ1) is 14.0. The molecule has 4 aromatic rings. The molecule has 0 aliphatic rings. The number of aromatic hydroxyl groups is 1. The molecule has 29 heavy (non-hydrogen) atoms. The maximum atomic E-state index is 13.1. The quantitative estimate of drug-likeness (QED) is 0.455. The second kappa shape index (κ2) is 6.98. The van der Waals surface area contributed by atoms with Crippen LogP contribution in [0.15, 0.2) is 53.3 Å². The van der Waals surface area contributed by atoms with Crippen LogP contribution in [0, 0.1) is 18.3 Å². The molecule has 0 bridgehead atoms. The van der Waals surface area contributed by atoms with E-state index in [1.54, 1.807) is 25.1 Å². The Bertz CT molecular complexity index is 1420. The fourth-order valence-electron chi connectivity index (χ4n) is 3.15. The number of phenols is 1. The van der Waals surface area contributed by atoms with Crippen molar-refractivity contribution < 1.29 is 9.90 Å². The zero-order valence-electron chi connectivity index (χ0n) is 15.3. The van der Waals surface area contributed by atoms with Crippen molar-refractivity contribution >= 4 is 28.8 Å². The molecule has 0 aliphatic carbocycles. The van der Waals surface area contributed by atoms with Crippen molar-refractivity contribution in [1.82, 2.24) is 20.2 Å². The molecule has 2 aromatic carbocycles. The van der Waals surface area contributed by atoms with Gasteiger partial charge in [-0.3, -0.25) is 19.4 Å². The summed E-state index contributed by atoms with van der Waals surface area (Å²) in [5.74, 6) is -0.390. The Morgan fingerprint density at radius 3 is 2.66 bits per heavy atom. The van der Waals surface area contributed by atoms with Gasteiger partial charge in [0, 0.05) is 11.8 Å². The first-order valence-corrected chi connectivity index (χ1v) is 8.70. The number of phenolic OH excluding ortho intramolecular Hbond substituents is 1. The predicted molar refractivity (Wildman–Crippen MR) is 107 cm³/mol. The van der Waals surface area contributed by atoms with Crippen LogP contribution in [0.4, 0.5) is 0 Å². The summed E-state index contributed by atoms with van der Waals surface area (Å²) >= 11 is 0. The molecular formula is C21H15N5O3. The number of nitrogens with zero attached hydrogens (tertiary/aromatic N) is 3. The van der Waals surface area contributed by atoms with Gasteiger partial charge in [-0.15, -0.1) is 0 Å². The van der Waals surface area contributed by atoms with Gasteiger partial charge in [0.25, 0.3) is 11.5 Å². The molecule has 0 radical (unpaired) electrons. The van der Waals surface area contributed by atoms with Crippen LogP contribution >= 0.6 is 0 Å². The molecule has 0 saturated heterocycles. The molecule has 8 nitrogen and oxygen atoms in total. The first-order valence-electron chi connectivity index (χ1n) is 8.70. The molecule has 2 heterocycles. The van der Waals surface area contributed by atoms with E-state index >= 15 is 0 Å². The standard InChI is InChI=1S/C21H15N5O3/c1-12-15(10-22)19-24-17-4-2-3-5-18(17)26(19)21(29)16(12)11-23-25-20(28)13-6-8-14(27)9-7-13/h2-9,11,23,27H,1H3,(H,25,28). The van der Waals surface area contributed by atoms with Crippen LogP contribution < -0.4 is 21.6 Å². The van der Waals surface area contributed by atoms with Gasteiger partial charge in [-0.1, -0.05) is 12.1 Å². The van der Waals surface area contributed by atoms with Gasteiger partial charge < -0.3 is 10.5 Å². The zero-order chi connectivity index (χ0) is 20.5. The van der Waals surface area contributed by atoms with Gasteiger partial charge in [-0.25, -0.2) is 4.98 Å². The summed E-state index contributed by atoms with van der Waals surface area (Å²) in [4.78, 5) is 29.7. The van der Waals surface area contributed by atoms with Crippen LogP contribution in [0.5, 0.6) is 5.75 Å². The minimum Gasteiger partial charge on any atom is -0.508 e. The molecule has 0 spiro atoms. The van der Waals surface area contributed by atoms with E-state index in [1.807, 2.05) is 6.07 Å². The molecule has 0 saturated carbocycles. The van der Waals surface area contributed by atoms with Gasteiger partial charge >= 0.3 is 0 Å². The highest BCUT2D eigenvalue weighted by Crippen LogP contribution is 2.17. The number of hydrazine groups is 1. The van der Waals surface area contributed by atoms with E-state index in [0.717, 1.165) is 0 Å². The number of nitrogens with one attached hydrogen (secondary N) is 2. The van der Waals surface area contributed by atoms with E-state index in [2.05, 4.69) is 21.9 Å². The topological polar surface area (TPSA) is 120 Å². The van der Waals surface area contributed by atoms with Crippen molar-refractivity contribution in [3.05, 3.63) is 80.8 Å². The lowest BCUT2D eigenvalue weighted by Crippen LogP contribution is -2.40. The fraction of sp³-hybridized carbons (Fsp3) is 0.0476. The third-order valence-corrected chi connectivity index (χ3v) is 4.64. The Morgan fingerprint density at radius 1 is 1.21 bits per heavy atom. The van der Waals surface area contributed by atoms with Crippen molar-refractivity contribution in [2.75, 3.05) is 0 Å². The largest absolute Gasteiger partial charge is 0.508 e. The van der Waals surface area contributed by atoms with Crippen LogP contribution in [-0.4, -0.2) is 20.4 Å². The van der Waals surface area contributed by atoms with Crippen molar-refractivity contribution in [3.8, 4) is 11.8 Å². The Morgan fingerprint density at radius 2 is 1.93 bits per heavy atom. The maximum absolute atomic E-state index is 13.1. The van der Waals surface area contributed by atoms with Crippen LogP contribution in [0.1, 0.15) is 21.5 Å². The molecule has 0 atom stereocenters. The molecule has 4 rings (SSSR count). The van der Waals surface area contributed by atoms with Crippen LogP contribution in [0.2, 0.25) is 0 Å². The van der Waals surface area contributed by atoms with Crippen LogP contribution in [0.25, 0.3) is 22.9 Å². The lowest BCUT2D eigenvalue weighted by molar-refractivity contribution is 0.0943. The van der Waals surface area contributed by atoms with E-state index in [9.17, 15) is 20.0 Å². The molecule has 0 unspecified atom stereocenters. The summed E-state index contributed by atoms with van der Waals surface area (Å²) < 4.78 is 1.40. The highest BCUT2D eigenvalue weighted by atomic mass is 16.3. The normalized spacial score (nSPS) is 11.5. The number of carbonyl (C=O) groups is 1. The number of amides is 1. The number of benzene rings is 2. The van der Waals surface area contributed by atoms with Gasteiger partial charge in [0.2, 0.25) is 0 Å². The molecule has 2 aromatic heterocycles. The molecule has 0 fully saturated rings.